The van der Waals surface area contributed by atoms with Crippen LogP contribution < -0.4 is 4.74 Å². The minimum atomic E-state index is -1.08. The van der Waals surface area contributed by atoms with Gasteiger partial charge in [-0.25, -0.2) is 9.48 Å². The molecule has 1 heterocycles. The third-order valence-corrected chi connectivity index (χ3v) is 5.88. The van der Waals surface area contributed by atoms with Gasteiger partial charge in [0.05, 0.1) is 24.7 Å². The Hall–Kier alpha value is -4.78. The van der Waals surface area contributed by atoms with Crippen LogP contribution in [-0.4, -0.2) is 33.9 Å². The standard InChI is InChI=1S/C29H23N3O4/c1-35-24-17-15-21(16-18-24)27(33)28(22-7-3-2-4-8-22)36-29(34)23-13-11-20(12-14-23)19-32-26-10-6-5-9-25(26)30-31-32/h2-18,28H,19H2,1H3/t28-/m0/s1. The SMILES string of the molecule is COc1ccc(C(=O)[C@@H](OC(=O)c2ccc(Cn3nnc4ccccc43)cc2)c2ccccc2)cc1. The van der Waals surface area contributed by atoms with Crippen LogP contribution in [-0.2, 0) is 11.3 Å². The van der Waals surface area contributed by atoms with Crippen LogP contribution >= 0.6 is 0 Å². The zero-order valence-corrected chi connectivity index (χ0v) is 19.6. The van der Waals surface area contributed by atoms with Crippen LogP contribution in [0.4, 0.5) is 0 Å². The lowest BCUT2D eigenvalue weighted by Gasteiger charge is -2.18. The molecule has 178 valence electrons. The molecule has 4 aromatic carbocycles. The van der Waals surface area contributed by atoms with Crippen molar-refractivity contribution in [2.24, 2.45) is 0 Å². The highest BCUT2D eigenvalue weighted by Gasteiger charge is 2.27. The van der Waals surface area contributed by atoms with Gasteiger partial charge in [-0.05, 0) is 54.1 Å². The third kappa shape index (κ3) is 4.86. The number of aromatic nitrogens is 3. The Morgan fingerprint density at radius 3 is 2.19 bits per heavy atom. The summed E-state index contributed by atoms with van der Waals surface area (Å²) in [5.41, 5.74) is 4.09. The fourth-order valence-electron chi connectivity index (χ4n) is 3.94. The predicted molar refractivity (Wildman–Crippen MR) is 135 cm³/mol. The zero-order valence-electron chi connectivity index (χ0n) is 19.6. The van der Waals surface area contributed by atoms with Crippen LogP contribution in [0.1, 0.15) is 37.9 Å². The van der Waals surface area contributed by atoms with Crippen LogP contribution in [0.3, 0.4) is 0 Å². The molecule has 0 amide bonds. The summed E-state index contributed by atoms with van der Waals surface area (Å²) in [4.78, 5) is 26.4. The molecule has 5 rings (SSSR count). The largest absolute Gasteiger partial charge is 0.497 e. The molecule has 1 aromatic heterocycles. The molecule has 0 aliphatic rings. The maximum atomic E-state index is 13.3. The lowest BCUT2D eigenvalue weighted by atomic mass is 9.99. The minimum absolute atomic E-state index is 0.313. The molecule has 36 heavy (non-hydrogen) atoms. The average Bonchev–Trinajstić information content (AvgIpc) is 3.35. The number of nitrogens with zero attached hydrogens (tertiary/aromatic N) is 3. The van der Waals surface area contributed by atoms with Crippen molar-refractivity contribution in [1.29, 1.82) is 0 Å². The molecule has 7 heteroatoms. The minimum Gasteiger partial charge on any atom is -0.497 e. The molecule has 0 unspecified atom stereocenters. The summed E-state index contributed by atoms with van der Waals surface area (Å²) in [6.45, 7) is 0.512. The number of Topliss-reactive ketones (excluding diaryl/α,β-unsaturated/α-hetero) is 1. The summed E-state index contributed by atoms with van der Waals surface area (Å²) in [7, 11) is 1.56. The van der Waals surface area contributed by atoms with E-state index < -0.39 is 12.1 Å². The number of para-hydroxylation sites is 1. The van der Waals surface area contributed by atoms with Gasteiger partial charge < -0.3 is 9.47 Å². The molecule has 0 saturated carbocycles. The average molecular weight is 478 g/mol. The van der Waals surface area contributed by atoms with Crippen molar-refractivity contribution in [3.8, 4) is 5.75 Å². The summed E-state index contributed by atoms with van der Waals surface area (Å²) in [6.07, 6.45) is -1.08. The second-order valence-electron chi connectivity index (χ2n) is 8.22. The van der Waals surface area contributed by atoms with E-state index in [1.807, 2.05) is 47.1 Å². The van der Waals surface area contributed by atoms with Crippen molar-refractivity contribution in [2.45, 2.75) is 12.6 Å². The first kappa shape index (κ1) is 23.0. The first-order chi connectivity index (χ1) is 17.6. The Kier molecular flexibility index (Phi) is 6.53. The summed E-state index contributed by atoms with van der Waals surface area (Å²) in [5.74, 6) is -0.255. The van der Waals surface area contributed by atoms with Crippen molar-refractivity contribution in [2.75, 3.05) is 7.11 Å². The first-order valence-electron chi connectivity index (χ1n) is 11.4. The van der Waals surface area contributed by atoms with Gasteiger partial charge in [0, 0.05) is 11.1 Å². The van der Waals surface area contributed by atoms with Gasteiger partial charge in [-0.3, -0.25) is 4.79 Å². The second-order valence-corrected chi connectivity index (χ2v) is 8.22. The van der Waals surface area contributed by atoms with E-state index >= 15 is 0 Å². The highest BCUT2D eigenvalue weighted by molar-refractivity contribution is 6.02. The third-order valence-electron chi connectivity index (χ3n) is 5.88. The Balaban J connectivity index is 1.34. The van der Waals surface area contributed by atoms with Crippen LogP contribution in [0.15, 0.2) is 103 Å². The normalized spacial score (nSPS) is 11.7. The first-order valence-corrected chi connectivity index (χ1v) is 11.4. The molecule has 0 radical (unpaired) electrons. The number of carbonyl (C=O) groups excluding carboxylic acids is 2. The van der Waals surface area contributed by atoms with Crippen molar-refractivity contribution in [1.82, 2.24) is 15.0 Å². The quantitative estimate of drug-likeness (QED) is 0.224. The van der Waals surface area contributed by atoms with Gasteiger partial charge in [-0.1, -0.05) is 59.8 Å². The molecule has 0 fully saturated rings. The molecular weight excluding hydrogens is 454 g/mol. The lowest BCUT2D eigenvalue weighted by molar-refractivity contribution is 0.0280. The van der Waals surface area contributed by atoms with Gasteiger partial charge in [0.25, 0.3) is 0 Å². The van der Waals surface area contributed by atoms with Crippen LogP contribution in [0, 0.1) is 0 Å². The molecule has 0 aliphatic heterocycles. The van der Waals surface area contributed by atoms with E-state index in [2.05, 4.69) is 10.3 Å². The molecule has 0 N–H and O–H groups in total. The Morgan fingerprint density at radius 2 is 1.47 bits per heavy atom. The number of methoxy groups -OCH3 is 1. The van der Waals surface area contributed by atoms with Gasteiger partial charge in [0.1, 0.15) is 11.3 Å². The predicted octanol–water partition coefficient (Wildman–Crippen LogP) is 5.27. The molecular formula is C29H23N3O4. The summed E-state index contributed by atoms with van der Waals surface area (Å²) >= 11 is 0. The van der Waals surface area contributed by atoms with E-state index in [-0.39, 0.29) is 5.78 Å². The van der Waals surface area contributed by atoms with Crippen molar-refractivity contribution < 1.29 is 19.1 Å². The maximum absolute atomic E-state index is 13.3. The molecule has 0 bridgehead atoms. The van der Waals surface area contributed by atoms with Gasteiger partial charge in [-0.2, -0.15) is 0 Å². The summed E-state index contributed by atoms with van der Waals surface area (Å²) in [6, 6.07) is 30.5. The van der Waals surface area contributed by atoms with E-state index in [9.17, 15) is 9.59 Å². The van der Waals surface area contributed by atoms with E-state index in [4.69, 9.17) is 9.47 Å². The monoisotopic (exact) mass is 477 g/mol. The van der Waals surface area contributed by atoms with E-state index in [0.29, 0.717) is 29.0 Å². The van der Waals surface area contributed by atoms with Gasteiger partial charge in [0.15, 0.2) is 6.10 Å². The molecule has 0 saturated heterocycles. The molecule has 0 spiro atoms. The molecule has 5 aromatic rings. The fraction of sp³-hybridized carbons (Fsp3) is 0.103. The number of hydrogen-bond acceptors (Lipinski definition) is 6. The van der Waals surface area contributed by atoms with Crippen LogP contribution in [0.2, 0.25) is 0 Å². The Bertz CT molecular complexity index is 1490. The fourth-order valence-corrected chi connectivity index (χ4v) is 3.94. The van der Waals surface area contributed by atoms with E-state index in [1.165, 1.54) is 0 Å². The zero-order chi connectivity index (χ0) is 24.9. The van der Waals surface area contributed by atoms with Gasteiger partial charge >= 0.3 is 5.97 Å². The Morgan fingerprint density at radius 1 is 0.806 bits per heavy atom. The van der Waals surface area contributed by atoms with E-state index in [1.54, 1.807) is 67.8 Å². The molecule has 1 atom stereocenters. The number of carbonyl (C=O) groups is 2. The van der Waals surface area contributed by atoms with Gasteiger partial charge in [0.2, 0.25) is 5.78 Å². The van der Waals surface area contributed by atoms with Crippen molar-refractivity contribution in [3.63, 3.8) is 0 Å². The van der Waals surface area contributed by atoms with Crippen LogP contribution in [0.5, 0.6) is 5.75 Å². The Labute approximate surface area is 207 Å². The molecule has 7 nitrogen and oxygen atoms in total. The lowest BCUT2D eigenvalue weighted by Crippen LogP contribution is -2.20. The number of hydrogen-bond donors (Lipinski definition) is 0. The van der Waals surface area contributed by atoms with E-state index in [0.717, 1.165) is 16.6 Å². The topological polar surface area (TPSA) is 83.3 Å². The number of ketones is 1. The number of rotatable bonds is 8. The smallest absolute Gasteiger partial charge is 0.339 e. The number of esters is 1. The number of fused-ring (bicyclic) bond motifs is 1. The van der Waals surface area contributed by atoms with Crippen molar-refractivity contribution >= 4 is 22.8 Å². The van der Waals surface area contributed by atoms with Gasteiger partial charge in [-0.15, -0.1) is 5.10 Å². The number of benzene rings is 4. The summed E-state index contributed by atoms with van der Waals surface area (Å²) < 4.78 is 12.7. The highest BCUT2D eigenvalue weighted by Crippen LogP contribution is 2.25. The number of ether oxygens (including phenoxy) is 2. The summed E-state index contributed by atoms with van der Waals surface area (Å²) in [5, 5.41) is 8.38. The second kappa shape index (κ2) is 10.2. The molecule has 0 aliphatic carbocycles. The maximum Gasteiger partial charge on any atom is 0.339 e. The highest BCUT2D eigenvalue weighted by atomic mass is 16.5. The van der Waals surface area contributed by atoms with Crippen molar-refractivity contribution in [3.05, 3.63) is 125 Å². The van der Waals surface area contributed by atoms with Crippen LogP contribution in [0.25, 0.3) is 11.0 Å².